The van der Waals surface area contributed by atoms with Gasteiger partial charge in [0.25, 0.3) is 5.91 Å². The number of hydrogen-bond donors (Lipinski definition) is 2. The predicted octanol–water partition coefficient (Wildman–Crippen LogP) is 3.26. The van der Waals surface area contributed by atoms with Crippen LogP contribution in [0.4, 0.5) is 10.1 Å². The van der Waals surface area contributed by atoms with Crippen molar-refractivity contribution in [3.05, 3.63) is 65.5 Å². The van der Waals surface area contributed by atoms with E-state index < -0.39 is 0 Å². The maximum absolute atomic E-state index is 12.8. The molecule has 2 rings (SSSR count). The third-order valence-electron chi connectivity index (χ3n) is 2.73. The highest BCUT2D eigenvalue weighted by molar-refractivity contribution is 7.80. The Hall–Kier alpha value is -2.27. The molecule has 0 spiro atoms. The molecule has 0 aliphatic carbocycles. The van der Waals surface area contributed by atoms with Gasteiger partial charge in [0.1, 0.15) is 5.82 Å². The molecule has 0 aliphatic rings. The zero-order valence-corrected chi connectivity index (χ0v) is 11.6. The van der Waals surface area contributed by atoms with Crippen LogP contribution in [0.2, 0.25) is 0 Å². The Balaban J connectivity index is 2.00. The minimum atomic E-state index is -0.387. The van der Waals surface area contributed by atoms with Gasteiger partial charge in [-0.1, -0.05) is 18.2 Å². The molecule has 0 radical (unpaired) electrons. The maximum Gasteiger partial charge on any atom is 0.257 e. The molecule has 3 nitrogen and oxygen atoms in total. The Labute approximate surface area is 121 Å². The Bertz CT molecular complexity index is 641. The van der Waals surface area contributed by atoms with Gasteiger partial charge in [-0.2, -0.15) is 0 Å². The summed E-state index contributed by atoms with van der Waals surface area (Å²) in [6.07, 6.45) is 0. The van der Waals surface area contributed by atoms with Crippen LogP contribution in [-0.4, -0.2) is 11.0 Å². The number of anilines is 1. The van der Waals surface area contributed by atoms with Gasteiger partial charge in [-0.3, -0.25) is 10.1 Å². The van der Waals surface area contributed by atoms with Crippen molar-refractivity contribution in [1.29, 1.82) is 0 Å². The summed E-state index contributed by atoms with van der Waals surface area (Å²) in [5.41, 5.74) is 2.20. The van der Waals surface area contributed by atoms with Crippen LogP contribution < -0.4 is 10.6 Å². The summed E-state index contributed by atoms with van der Waals surface area (Å²) in [4.78, 5) is 11.9. The van der Waals surface area contributed by atoms with E-state index in [9.17, 15) is 9.18 Å². The molecule has 1 amide bonds. The highest BCUT2D eigenvalue weighted by atomic mass is 32.1. The third-order valence-corrected chi connectivity index (χ3v) is 2.93. The van der Waals surface area contributed by atoms with E-state index in [1.807, 2.05) is 31.2 Å². The molecule has 0 bridgehead atoms. The number of thiocarbonyl (C=S) groups is 1. The largest absolute Gasteiger partial charge is 0.332 e. The zero-order chi connectivity index (χ0) is 14.5. The van der Waals surface area contributed by atoms with Crippen molar-refractivity contribution in [3.8, 4) is 0 Å². The van der Waals surface area contributed by atoms with Crippen LogP contribution in [0.5, 0.6) is 0 Å². The topological polar surface area (TPSA) is 41.1 Å². The van der Waals surface area contributed by atoms with E-state index in [4.69, 9.17) is 12.2 Å². The predicted molar refractivity (Wildman–Crippen MR) is 81.3 cm³/mol. The van der Waals surface area contributed by atoms with Crippen LogP contribution in [-0.2, 0) is 0 Å². The highest BCUT2D eigenvalue weighted by Crippen LogP contribution is 2.12. The van der Waals surface area contributed by atoms with Crippen LogP contribution in [0, 0.1) is 12.7 Å². The standard InChI is InChI=1S/C15H13FN2OS/c1-10-4-2-3-5-13(10)17-15(20)18-14(19)11-6-8-12(16)9-7-11/h2-9H,1H3,(H2,17,18,19,20). The zero-order valence-electron chi connectivity index (χ0n) is 10.8. The van der Waals surface area contributed by atoms with Crippen molar-refractivity contribution in [3.63, 3.8) is 0 Å². The lowest BCUT2D eigenvalue weighted by atomic mass is 10.2. The number of hydrogen-bond acceptors (Lipinski definition) is 2. The molecule has 0 unspecified atom stereocenters. The molecular weight excluding hydrogens is 275 g/mol. The second kappa shape index (κ2) is 6.25. The number of aryl methyl sites for hydroxylation is 1. The first kappa shape index (κ1) is 14.1. The van der Waals surface area contributed by atoms with E-state index in [1.54, 1.807) is 0 Å². The molecule has 2 aromatic rings. The average molecular weight is 288 g/mol. The molecule has 20 heavy (non-hydrogen) atoms. The molecule has 102 valence electrons. The first-order valence-electron chi connectivity index (χ1n) is 6.00. The third kappa shape index (κ3) is 3.61. The molecule has 2 N–H and O–H groups in total. The molecule has 0 saturated heterocycles. The van der Waals surface area contributed by atoms with E-state index in [-0.39, 0.29) is 16.8 Å². The molecule has 0 saturated carbocycles. The number of nitrogens with one attached hydrogen (secondary N) is 2. The number of carbonyl (C=O) groups excluding carboxylic acids is 1. The lowest BCUT2D eigenvalue weighted by Gasteiger charge is -2.11. The van der Waals surface area contributed by atoms with Gasteiger partial charge in [0.2, 0.25) is 0 Å². The average Bonchev–Trinajstić information content (AvgIpc) is 2.42. The van der Waals surface area contributed by atoms with E-state index >= 15 is 0 Å². The SMILES string of the molecule is Cc1ccccc1NC(=S)NC(=O)c1ccc(F)cc1. The molecule has 0 atom stereocenters. The maximum atomic E-state index is 12.8. The van der Waals surface area contributed by atoms with E-state index in [1.165, 1.54) is 24.3 Å². The van der Waals surface area contributed by atoms with Gasteiger partial charge in [0.15, 0.2) is 5.11 Å². The van der Waals surface area contributed by atoms with Gasteiger partial charge < -0.3 is 5.32 Å². The quantitative estimate of drug-likeness (QED) is 0.833. The molecule has 5 heteroatoms. The Morgan fingerprint density at radius 1 is 1.10 bits per heavy atom. The fourth-order valence-corrected chi connectivity index (χ4v) is 1.85. The van der Waals surface area contributed by atoms with E-state index in [0.717, 1.165) is 11.3 Å². The Kier molecular flexibility index (Phi) is 4.42. The van der Waals surface area contributed by atoms with Crippen molar-refractivity contribution < 1.29 is 9.18 Å². The number of amides is 1. The lowest BCUT2D eigenvalue weighted by molar-refractivity contribution is 0.0977. The number of halogens is 1. The monoisotopic (exact) mass is 288 g/mol. The van der Waals surface area contributed by atoms with Crippen molar-refractivity contribution in [2.24, 2.45) is 0 Å². The summed E-state index contributed by atoms with van der Waals surface area (Å²) < 4.78 is 12.8. The van der Waals surface area contributed by atoms with Crippen LogP contribution in [0.3, 0.4) is 0 Å². The fourth-order valence-electron chi connectivity index (χ4n) is 1.64. The number of carbonyl (C=O) groups is 1. The van der Waals surface area contributed by atoms with Gasteiger partial charge in [0.05, 0.1) is 0 Å². The minimum Gasteiger partial charge on any atom is -0.332 e. The van der Waals surface area contributed by atoms with Crippen molar-refractivity contribution in [1.82, 2.24) is 5.32 Å². The van der Waals surface area contributed by atoms with Gasteiger partial charge >= 0.3 is 0 Å². The van der Waals surface area contributed by atoms with Gasteiger partial charge in [-0.25, -0.2) is 4.39 Å². The fraction of sp³-hybridized carbons (Fsp3) is 0.0667. The number of benzene rings is 2. The first-order valence-corrected chi connectivity index (χ1v) is 6.40. The Morgan fingerprint density at radius 2 is 1.75 bits per heavy atom. The van der Waals surface area contributed by atoms with Crippen LogP contribution in [0.1, 0.15) is 15.9 Å². The molecule has 0 fully saturated rings. The summed E-state index contributed by atoms with van der Waals surface area (Å²) in [5, 5.41) is 5.70. The van der Waals surface area contributed by atoms with Crippen LogP contribution >= 0.6 is 12.2 Å². The summed E-state index contributed by atoms with van der Waals surface area (Å²) >= 11 is 5.08. The smallest absolute Gasteiger partial charge is 0.257 e. The number of para-hydroxylation sites is 1. The Morgan fingerprint density at radius 3 is 2.40 bits per heavy atom. The van der Waals surface area contributed by atoms with E-state index in [2.05, 4.69) is 10.6 Å². The summed E-state index contributed by atoms with van der Waals surface area (Å²) in [6.45, 7) is 1.94. The van der Waals surface area contributed by atoms with E-state index in [0.29, 0.717) is 5.56 Å². The van der Waals surface area contributed by atoms with Crippen LogP contribution in [0.15, 0.2) is 48.5 Å². The molecular formula is C15H13FN2OS. The highest BCUT2D eigenvalue weighted by Gasteiger charge is 2.08. The minimum absolute atomic E-state index is 0.202. The summed E-state index contributed by atoms with van der Waals surface area (Å²) in [6, 6.07) is 12.9. The summed E-state index contributed by atoms with van der Waals surface area (Å²) in [5.74, 6) is -0.766. The number of rotatable bonds is 2. The molecule has 0 heterocycles. The van der Waals surface area contributed by atoms with Crippen molar-refractivity contribution in [2.75, 3.05) is 5.32 Å². The van der Waals surface area contributed by atoms with Crippen LogP contribution in [0.25, 0.3) is 0 Å². The molecule has 0 aromatic heterocycles. The van der Waals surface area contributed by atoms with Gasteiger partial charge in [-0.15, -0.1) is 0 Å². The van der Waals surface area contributed by atoms with Gasteiger partial charge in [0, 0.05) is 11.3 Å². The van der Waals surface area contributed by atoms with Crippen molar-refractivity contribution >= 4 is 28.9 Å². The first-order chi connectivity index (χ1) is 9.56. The molecule has 0 aliphatic heterocycles. The second-order valence-electron chi connectivity index (χ2n) is 4.23. The molecule has 2 aromatic carbocycles. The van der Waals surface area contributed by atoms with Gasteiger partial charge in [-0.05, 0) is 55.0 Å². The summed E-state index contributed by atoms with van der Waals surface area (Å²) in [7, 11) is 0. The normalized spacial score (nSPS) is 9.90. The second-order valence-corrected chi connectivity index (χ2v) is 4.64. The lowest BCUT2D eigenvalue weighted by Crippen LogP contribution is -2.34. The van der Waals surface area contributed by atoms with Crippen molar-refractivity contribution in [2.45, 2.75) is 6.92 Å².